The highest BCUT2D eigenvalue weighted by Gasteiger charge is 2.16. The number of benzene rings is 1. The van der Waals surface area contributed by atoms with E-state index in [4.69, 9.17) is 0 Å². The van der Waals surface area contributed by atoms with Crippen LogP contribution in [-0.2, 0) is 10.0 Å². The van der Waals surface area contributed by atoms with Crippen molar-refractivity contribution in [2.45, 2.75) is 18.2 Å². The van der Waals surface area contributed by atoms with Crippen LogP contribution < -0.4 is 4.72 Å². The lowest BCUT2D eigenvalue weighted by Gasteiger charge is -2.09. The molecule has 0 saturated carbocycles. The summed E-state index contributed by atoms with van der Waals surface area (Å²) in [7, 11) is -0.0998. The molecule has 87 valence electrons. The van der Waals surface area contributed by atoms with Gasteiger partial charge >= 0.3 is 0 Å². The van der Waals surface area contributed by atoms with Crippen LogP contribution in [0.15, 0.2) is 52.2 Å². The maximum Gasteiger partial charge on any atom is 0.261 e. The van der Waals surface area contributed by atoms with E-state index in [1.807, 2.05) is 13.0 Å². The highest BCUT2D eigenvalue weighted by molar-refractivity contribution is 7.89. The molecular weight excluding hydrogens is 250 g/mol. The molecule has 0 atom stereocenters. The van der Waals surface area contributed by atoms with E-state index in [2.05, 4.69) is 15.0 Å². The molecule has 0 fully saturated rings. The molecule has 0 saturated heterocycles. The summed E-state index contributed by atoms with van der Waals surface area (Å²) < 4.78 is 26.6. The van der Waals surface area contributed by atoms with E-state index >= 15 is 0 Å². The lowest BCUT2D eigenvalue weighted by molar-refractivity contribution is 0.589. The van der Waals surface area contributed by atoms with E-state index in [1.54, 1.807) is 30.3 Å². The van der Waals surface area contributed by atoms with Crippen LogP contribution >= 0.6 is 0 Å². The van der Waals surface area contributed by atoms with Crippen LogP contribution in [0.3, 0.4) is 0 Å². The molecule has 0 spiro atoms. The van der Waals surface area contributed by atoms with Crippen LogP contribution in [0.1, 0.15) is 12.0 Å². The summed E-state index contributed by atoms with van der Waals surface area (Å²) in [6, 6.07) is 6.76. The fourth-order valence-electron chi connectivity index (χ4n) is 1.52. The van der Waals surface area contributed by atoms with Gasteiger partial charge in [-0.3, -0.25) is 4.72 Å². The Kier molecular flexibility index (Phi) is 3.21. The second-order valence-corrected chi connectivity index (χ2v) is 6.20. The predicted molar refractivity (Wildman–Crippen MR) is 68.0 cm³/mol. The van der Waals surface area contributed by atoms with Gasteiger partial charge in [0.1, 0.15) is 0 Å². The van der Waals surface area contributed by atoms with Crippen molar-refractivity contribution in [2.75, 3.05) is 0 Å². The number of nitrogens with one attached hydrogen (secondary N) is 1. The number of hydrogen-bond donors (Lipinski definition) is 1. The summed E-state index contributed by atoms with van der Waals surface area (Å²) in [5, 5.41) is 0.848. The van der Waals surface area contributed by atoms with Crippen molar-refractivity contribution >= 4 is 20.3 Å². The third-order valence-electron chi connectivity index (χ3n) is 2.51. The Labute approximate surface area is 105 Å². The predicted octanol–water partition coefficient (Wildman–Crippen LogP) is 1.61. The quantitative estimate of drug-likeness (QED) is 0.841. The molecule has 17 heavy (non-hydrogen) atoms. The Morgan fingerprint density at radius 1 is 1.24 bits per heavy atom. The summed E-state index contributed by atoms with van der Waals surface area (Å²) in [5.41, 5.74) is 1.63. The first kappa shape index (κ1) is 12.1. The second-order valence-electron chi connectivity index (χ2n) is 3.92. The van der Waals surface area contributed by atoms with Crippen molar-refractivity contribution in [1.29, 1.82) is 0 Å². The van der Waals surface area contributed by atoms with Crippen LogP contribution in [0, 0.1) is 6.92 Å². The molecule has 1 aromatic carbocycles. The average molecular weight is 262 g/mol. The van der Waals surface area contributed by atoms with Gasteiger partial charge in [-0.25, -0.2) is 8.42 Å². The van der Waals surface area contributed by atoms with Crippen LogP contribution in [0.4, 0.5) is 0 Å². The summed E-state index contributed by atoms with van der Waals surface area (Å²) in [6.45, 7) is 1.92. The van der Waals surface area contributed by atoms with Crippen LogP contribution in [0.2, 0.25) is 0 Å². The fraction of sp³-hybridized carbons (Fsp3) is 0.167. The Balaban J connectivity index is 2.28. The summed E-state index contributed by atoms with van der Waals surface area (Å²) in [4.78, 5) is 0.273. The minimum absolute atomic E-state index is 0.273. The summed E-state index contributed by atoms with van der Waals surface area (Å²) >= 11 is 0. The van der Waals surface area contributed by atoms with Crippen molar-refractivity contribution in [3.05, 3.63) is 52.9 Å². The molecule has 0 amide bonds. The number of aryl methyl sites for hydroxylation is 1. The van der Waals surface area contributed by atoms with Crippen LogP contribution in [0.25, 0.3) is 0 Å². The minimum Gasteiger partial charge on any atom is -0.280 e. The monoisotopic (exact) mass is 262 g/mol. The van der Waals surface area contributed by atoms with Crippen molar-refractivity contribution in [2.24, 2.45) is 0 Å². The third kappa shape index (κ3) is 2.67. The molecule has 3 radical (unpaired) electrons. The Morgan fingerprint density at radius 3 is 2.41 bits per heavy atom. The highest BCUT2D eigenvalue weighted by Crippen LogP contribution is 2.17. The number of hydrogen-bond acceptors (Lipinski definition) is 2. The molecule has 1 N–H and O–H groups in total. The van der Waals surface area contributed by atoms with E-state index in [9.17, 15) is 8.42 Å². The number of allylic oxidation sites excluding steroid dienone is 3. The van der Waals surface area contributed by atoms with E-state index in [-0.39, 0.29) is 4.90 Å². The molecule has 0 heterocycles. The SMILES string of the molecule is Cc1ccc(S(=O)(=O)NC2=C([Si])CC=C2)cc1. The average Bonchev–Trinajstić information content (AvgIpc) is 2.64. The van der Waals surface area contributed by atoms with Gasteiger partial charge in [-0.15, -0.1) is 0 Å². The van der Waals surface area contributed by atoms with E-state index in [1.165, 1.54) is 0 Å². The van der Waals surface area contributed by atoms with Crippen LogP contribution in [-0.4, -0.2) is 18.7 Å². The van der Waals surface area contributed by atoms with Gasteiger partial charge in [0.05, 0.1) is 15.1 Å². The first-order valence-electron chi connectivity index (χ1n) is 5.20. The molecule has 0 bridgehead atoms. The first-order valence-corrected chi connectivity index (χ1v) is 7.18. The van der Waals surface area contributed by atoms with Crippen molar-refractivity contribution in [1.82, 2.24) is 4.72 Å². The summed E-state index contributed by atoms with van der Waals surface area (Å²) in [6.07, 6.45) is 4.38. The van der Waals surface area contributed by atoms with Gasteiger partial charge in [-0.1, -0.05) is 29.0 Å². The molecule has 3 nitrogen and oxygen atoms in total. The Morgan fingerprint density at radius 2 is 1.88 bits per heavy atom. The standard InChI is InChI=1S/C12H12NO2SSi/c1-9-5-7-10(8-6-9)16(14,15)13-11-3-2-4-12(11)17/h2-3,5-8,13H,4H2,1H3. The zero-order valence-electron chi connectivity index (χ0n) is 9.40. The van der Waals surface area contributed by atoms with Crippen molar-refractivity contribution in [3.63, 3.8) is 0 Å². The molecule has 1 aliphatic carbocycles. The van der Waals surface area contributed by atoms with Crippen LogP contribution in [0.5, 0.6) is 0 Å². The lowest BCUT2D eigenvalue weighted by atomic mass is 10.2. The molecule has 0 aromatic heterocycles. The lowest BCUT2D eigenvalue weighted by Crippen LogP contribution is -2.22. The number of rotatable bonds is 3. The van der Waals surface area contributed by atoms with Gasteiger partial charge in [-0.2, -0.15) is 0 Å². The molecule has 0 aliphatic heterocycles. The topological polar surface area (TPSA) is 46.2 Å². The molecule has 2 rings (SSSR count). The zero-order chi connectivity index (χ0) is 12.5. The van der Waals surface area contributed by atoms with E-state index in [0.717, 1.165) is 17.2 Å². The third-order valence-corrected chi connectivity index (χ3v) is 4.36. The highest BCUT2D eigenvalue weighted by atomic mass is 32.2. The normalized spacial score (nSPS) is 15.4. The van der Waals surface area contributed by atoms with Crippen molar-refractivity contribution in [3.8, 4) is 0 Å². The molecule has 0 unspecified atom stereocenters. The number of sulfonamides is 1. The largest absolute Gasteiger partial charge is 0.280 e. The molecule has 1 aliphatic rings. The molecule has 1 aromatic rings. The Hall–Kier alpha value is -1.33. The smallest absolute Gasteiger partial charge is 0.261 e. The molecular formula is C12H12NO2SSi. The van der Waals surface area contributed by atoms with Gasteiger partial charge in [0.25, 0.3) is 10.0 Å². The summed E-state index contributed by atoms with van der Waals surface area (Å²) in [5.74, 6) is 0. The Bertz CT molecular complexity index is 585. The van der Waals surface area contributed by atoms with Gasteiger partial charge in [0.2, 0.25) is 0 Å². The van der Waals surface area contributed by atoms with Gasteiger partial charge in [0, 0.05) is 5.70 Å². The minimum atomic E-state index is -3.48. The van der Waals surface area contributed by atoms with E-state index < -0.39 is 10.0 Å². The fourth-order valence-corrected chi connectivity index (χ4v) is 2.97. The zero-order valence-corrected chi connectivity index (χ0v) is 11.2. The van der Waals surface area contributed by atoms with Gasteiger partial charge < -0.3 is 0 Å². The maximum atomic E-state index is 12.0. The molecule has 5 heteroatoms. The van der Waals surface area contributed by atoms with Crippen molar-refractivity contribution < 1.29 is 8.42 Å². The van der Waals surface area contributed by atoms with Gasteiger partial charge in [-0.05, 0) is 31.6 Å². The first-order chi connectivity index (χ1) is 7.99. The second kappa shape index (κ2) is 4.50. The van der Waals surface area contributed by atoms with E-state index in [0.29, 0.717) is 5.70 Å². The van der Waals surface area contributed by atoms with Gasteiger partial charge in [0.15, 0.2) is 0 Å². The maximum absolute atomic E-state index is 12.0.